The second-order valence-electron chi connectivity index (χ2n) is 7.25. The van der Waals surface area contributed by atoms with Crippen LogP contribution in [-0.4, -0.2) is 67.1 Å². The van der Waals surface area contributed by atoms with Crippen molar-refractivity contribution in [3.63, 3.8) is 0 Å². The fraction of sp³-hybridized carbons (Fsp3) is 0.318. The second kappa shape index (κ2) is 8.64. The number of hydrogen-bond donors (Lipinski definition) is 2. The van der Waals surface area contributed by atoms with Crippen LogP contribution in [0.25, 0.3) is 0 Å². The number of nitrogens with zero attached hydrogens (tertiary/aromatic N) is 2. The van der Waals surface area contributed by atoms with Crippen LogP contribution in [-0.2, 0) is 9.53 Å². The summed E-state index contributed by atoms with van der Waals surface area (Å²) in [6, 6.07) is 14.0. The maximum Gasteiger partial charge on any atom is 0.262 e. The molecule has 8 heteroatoms. The van der Waals surface area contributed by atoms with E-state index in [1.807, 2.05) is 24.3 Å². The van der Waals surface area contributed by atoms with E-state index < -0.39 is 23.8 Å². The van der Waals surface area contributed by atoms with Crippen LogP contribution < -0.4 is 10.2 Å². The molecule has 0 spiro atoms. The molecule has 2 aliphatic heterocycles. The molecule has 4 rings (SSSR count). The number of fused-ring (bicyclic) bond motifs is 1. The van der Waals surface area contributed by atoms with Crippen molar-refractivity contribution >= 4 is 23.4 Å². The minimum absolute atomic E-state index is 0.0150. The summed E-state index contributed by atoms with van der Waals surface area (Å²) in [6.45, 7) is 2.66. The standard InChI is InChI=1S/C22H23N3O5/c26-19(15-5-7-16(8-6-15)24-9-11-30-12-10-24)13-23-20(27)14-25-21(28)17-3-1-2-4-18(17)22(25)29/h1-8,19,26H,9-14H2,(H,23,27). The van der Waals surface area contributed by atoms with Gasteiger partial charge in [-0.1, -0.05) is 24.3 Å². The van der Waals surface area contributed by atoms with Gasteiger partial charge in [0.1, 0.15) is 6.54 Å². The molecule has 2 N–H and O–H groups in total. The lowest BCUT2D eigenvalue weighted by Gasteiger charge is -2.29. The van der Waals surface area contributed by atoms with Gasteiger partial charge < -0.3 is 20.1 Å². The largest absolute Gasteiger partial charge is 0.387 e. The lowest BCUT2D eigenvalue weighted by atomic mass is 10.1. The van der Waals surface area contributed by atoms with Crippen LogP contribution >= 0.6 is 0 Å². The van der Waals surface area contributed by atoms with Crippen LogP contribution in [0.4, 0.5) is 5.69 Å². The number of carbonyl (C=O) groups is 3. The Hall–Kier alpha value is -3.23. The first-order chi connectivity index (χ1) is 14.5. The molecule has 1 unspecified atom stereocenters. The first kappa shape index (κ1) is 20.1. The number of aliphatic hydroxyl groups excluding tert-OH is 1. The summed E-state index contributed by atoms with van der Waals surface area (Å²) < 4.78 is 5.35. The molecule has 1 atom stereocenters. The van der Waals surface area contributed by atoms with E-state index in [0.29, 0.717) is 29.9 Å². The van der Waals surface area contributed by atoms with E-state index in [1.54, 1.807) is 24.3 Å². The number of nitrogens with one attached hydrogen (secondary N) is 1. The van der Waals surface area contributed by atoms with Crippen molar-refractivity contribution in [2.45, 2.75) is 6.10 Å². The smallest absolute Gasteiger partial charge is 0.262 e. The van der Waals surface area contributed by atoms with E-state index in [9.17, 15) is 19.5 Å². The Kier molecular flexibility index (Phi) is 5.78. The highest BCUT2D eigenvalue weighted by atomic mass is 16.5. The molecule has 0 saturated carbocycles. The van der Waals surface area contributed by atoms with Gasteiger partial charge in [0.05, 0.1) is 30.4 Å². The van der Waals surface area contributed by atoms with Gasteiger partial charge in [0.2, 0.25) is 5.91 Å². The van der Waals surface area contributed by atoms with Crippen molar-refractivity contribution in [2.24, 2.45) is 0 Å². The van der Waals surface area contributed by atoms with Gasteiger partial charge in [-0.3, -0.25) is 19.3 Å². The van der Waals surface area contributed by atoms with Gasteiger partial charge in [-0.05, 0) is 29.8 Å². The lowest BCUT2D eigenvalue weighted by molar-refractivity contribution is -0.121. The van der Waals surface area contributed by atoms with Crippen molar-refractivity contribution < 1.29 is 24.2 Å². The van der Waals surface area contributed by atoms with Crippen LogP contribution in [0.2, 0.25) is 0 Å². The number of hydrogen-bond acceptors (Lipinski definition) is 6. The molecule has 2 aromatic rings. The molecule has 0 aromatic heterocycles. The van der Waals surface area contributed by atoms with Crippen molar-refractivity contribution in [3.8, 4) is 0 Å². The Bertz CT molecular complexity index is 919. The molecule has 1 fully saturated rings. The summed E-state index contributed by atoms with van der Waals surface area (Å²) in [7, 11) is 0. The molecular weight excluding hydrogens is 386 g/mol. The molecule has 2 heterocycles. The van der Waals surface area contributed by atoms with Gasteiger partial charge in [0.25, 0.3) is 11.8 Å². The summed E-state index contributed by atoms with van der Waals surface area (Å²) in [5, 5.41) is 13.0. The molecule has 8 nitrogen and oxygen atoms in total. The molecule has 1 saturated heterocycles. The van der Waals surface area contributed by atoms with Crippen molar-refractivity contribution in [1.82, 2.24) is 10.2 Å². The summed E-state index contributed by atoms with van der Waals surface area (Å²) in [4.78, 5) is 40.0. The van der Waals surface area contributed by atoms with Crippen molar-refractivity contribution in [2.75, 3.05) is 44.3 Å². The number of amides is 3. The molecular formula is C22H23N3O5. The van der Waals surface area contributed by atoms with Gasteiger partial charge in [0.15, 0.2) is 0 Å². The number of carbonyl (C=O) groups excluding carboxylic acids is 3. The Morgan fingerprint density at radius 2 is 1.60 bits per heavy atom. The minimum atomic E-state index is -0.894. The number of imide groups is 1. The lowest BCUT2D eigenvalue weighted by Crippen LogP contribution is -2.41. The maximum atomic E-state index is 12.3. The van der Waals surface area contributed by atoms with Crippen molar-refractivity contribution in [3.05, 3.63) is 65.2 Å². The number of anilines is 1. The summed E-state index contributed by atoms with van der Waals surface area (Å²) in [5.74, 6) is -1.47. The van der Waals surface area contributed by atoms with Gasteiger partial charge in [0, 0.05) is 25.3 Å². The Morgan fingerprint density at radius 1 is 1.00 bits per heavy atom. The quantitative estimate of drug-likeness (QED) is 0.690. The van der Waals surface area contributed by atoms with E-state index in [-0.39, 0.29) is 13.1 Å². The molecule has 0 aliphatic carbocycles. The van der Waals surface area contributed by atoms with Crippen LogP contribution in [0.15, 0.2) is 48.5 Å². The van der Waals surface area contributed by atoms with Gasteiger partial charge in [-0.2, -0.15) is 0 Å². The third-order valence-corrected chi connectivity index (χ3v) is 5.33. The number of ether oxygens (including phenoxy) is 1. The predicted octanol–water partition coefficient (Wildman–Crippen LogP) is 0.969. The molecule has 2 aliphatic rings. The average molecular weight is 409 g/mol. The van der Waals surface area contributed by atoms with Crippen LogP contribution in [0.1, 0.15) is 32.4 Å². The third kappa shape index (κ3) is 4.05. The van der Waals surface area contributed by atoms with Crippen LogP contribution in [0.5, 0.6) is 0 Å². The third-order valence-electron chi connectivity index (χ3n) is 5.33. The summed E-state index contributed by atoms with van der Waals surface area (Å²) in [5.41, 5.74) is 2.34. The van der Waals surface area contributed by atoms with Crippen molar-refractivity contribution in [1.29, 1.82) is 0 Å². The number of aliphatic hydroxyl groups is 1. The first-order valence-electron chi connectivity index (χ1n) is 9.87. The molecule has 0 bridgehead atoms. The normalized spacial score (nSPS) is 17.1. The predicted molar refractivity (Wildman–Crippen MR) is 109 cm³/mol. The van der Waals surface area contributed by atoms with Crippen LogP contribution in [0.3, 0.4) is 0 Å². The number of benzene rings is 2. The van der Waals surface area contributed by atoms with E-state index in [0.717, 1.165) is 23.7 Å². The first-order valence-corrected chi connectivity index (χ1v) is 9.87. The Morgan fingerprint density at radius 3 is 2.20 bits per heavy atom. The second-order valence-corrected chi connectivity index (χ2v) is 7.25. The Balaban J connectivity index is 1.30. The SMILES string of the molecule is O=C(CN1C(=O)c2ccccc2C1=O)NCC(O)c1ccc(N2CCOCC2)cc1. The molecule has 3 amide bonds. The van der Waals surface area contributed by atoms with E-state index in [4.69, 9.17) is 4.74 Å². The summed E-state index contributed by atoms with van der Waals surface area (Å²) in [6.07, 6.45) is -0.894. The zero-order valence-electron chi connectivity index (χ0n) is 16.4. The average Bonchev–Trinajstić information content (AvgIpc) is 3.03. The highest BCUT2D eigenvalue weighted by Crippen LogP contribution is 2.22. The number of morpholine rings is 1. The van der Waals surface area contributed by atoms with E-state index >= 15 is 0 Å². The zero-order chi connectivity index (χ0) is 21.1. The Labute approximate surface area is 174 Å². The van der Waals surface area contributed by atoms with Gasteiger partial charge in [-0.15, -0.1) is 0 Å². The highest BCUT2D eigenvalue weighted by molar-refractivity contribution is 6.22. The molecule has 156 valence electrons. The molecule has 2 aromatic carbocycles. The molecule has 30 heavy (non-hydrogen) atoms. The van der Waals surface area contributed by atoms with E-state index in [1.165, 1.54) is 0 Å². The fourth-order valence-electron chi connectivity index (χ4n) is 3.64. The van der Waals surface area contributed by atoms with Gasteiger partial charge >= 0.3 is 0 Å². The zero-order valence-corrected chi connectivity index (χ0v) is 16.4. The van der Waals surface area contributed by atoms with Crippen LogP contribution in [0, 0.1) is 0 Å². The minimum Gasteiger partial charge on any atom is -0.387 e. The topological polar surface area (TPSA) is 99.2 Å². The fourth-order valence-corrected chi connectivity index (χ4v) is 3.64. The highest BCUT2D eigenvalue weighted by Gasteiger charge is 2.36. The van der Waals surface area contributed by atoms with Gasteiger partial charge in [-0.25, -0.2) is 0 Å². The van der Waals surface area contributed by atoms with E-state index in [2.05, 4.69) is 10.2 Å². The maximum absolute atomic E-state index is 12.3. The monoisotopic (exact) mass is 409 g/mol. The summed E-state index contributed by atoms with van der Waals surface area (Å²) >= 11 is 0. The number of rotatable bonds is 6. The molecule has 0 radical (unpaired) electrons.